The molecule has 1 aliphatic heterocycles. The van der Waals surface area contributed by atoms with Crippen LogP contribution in [0.15, 0.2) is 12.1 Å². The summed E-state index contributed by atoms with van der Waals surface area (Å²) in [5.74, 6) is 1.86. The summed E-state index contributed by atoms with van der Waals surface area (Å²) < 4.78 is 1.82. The van der Waals surface area contributed by atoms with E-state index in [0.29, 0.717) is 13.1 Å². The number of rotatable bonds is 3. The van der Waals surface area contributed by atoms with Crippen molar-refractivity contribution >= 4 is 11.7 Å². The van der Waals surface area contributed by atoms with Crippen LogP contribution in [0.25, 0.3) is 0 Å². The highest BCUT2D eigenvalue weighted by Gasteiger charge is 2.27. The Labute approximate surface area is 148 Å². The lowest BCUT2D eigenvalue weighted by Gasteiger charge is -2.36. The van der Waals surface area contributed by atoms with Gasteiger partial charge in [0.25, 0.3) is 0 Å². The predicted molar refractivity (Wildman–Crippen MR) is 96.7 cm³/mol. The number of hydrogen-bond acceptors (Lipinski definition) is 5. The minimum atomic E-state index is -0.274. The van der Waals surface area contributed by atoms with Crippen molar-refractivity contribution in [2.45, 2.75) is 40.7 Å². The van der Waals surface area contributed by atoms with Gasteiger partial charge in [0.2, 0.25) is 5.91 Å². The molecule has 2 aromatic heterocycles. The minimum absolute atomic E-state index is 0.126. The van der Waals surface area contributed by atoms with Crippen molar-refractivity contribution in [3.8, 4) is 0 Å². The van der Waals surface area contributed by atoms with Gasteiger partial charge in [0, 0.05) is 43.6 Å². The third-order valence-corrected chi connectivity index (χ3v) is 4.64. The van der Waals surface area contributed by atoms with Crippen molar-refractivity contribution in [3.63, 3.8) is 0 Å². The third-order valence-electron chi connectivity index (χ3n) is 4.64. The number of carbonyl (C=O) groups is 1. The summed E-state index contributed by atoms with van der Waals surface area (Å²) >= 11 is 0. The molecule has 0 N–H and O–H groups in total. The Morgan fingerprint density at radius 3 is 2.24 bits per heavy atom. The maximum Gasteiger partial charge on any atom is 0.247 e. The Balaban J connectivity index is 1.65. The highest BCUT2D eigenvalue weighted by Crippen LogP contribution is 2.18. The normalized spacial score (nSPS) is 16.2. The summed E-state index contributed by atoms with van der Waals surface area (Å²) in [4.78, 5) is 25.8. The van der Waals surface area contributed by atoms with E-state index < -0.39 is 0 Å². The van der Waals surface area contributed by atoms with Gasteiger partial charge in [-0.1, -0.05) is 0 Å². The molecule has 1 aliphatic rings. The lowest BCUT2D eigenvalue weighted by Crippen LogP contribution is -2.50. The molecule has 1 unspecified atom stereocenters. The average molecular weight is 342 g/mol. The zero-order chi connectivity index (χ0) is 18.1. The highest BCUT2D eigenvalue weighted by molar-refractivity contribution is 5.80. The van der Waals surface area contributed by atoms with Crippen LogP contribution in [0.2, 0.25) is 0 Å². The van der Waals surface area contributed by atoms with E-state index in [2.05, 4.69) is 20.0 Å². The molecule has 134 valence electrons. The zero-order valence-corrected chi connectivity index (χ0v) is 15.7. The maximum absolute atomic E-state index is 12.8. The first kappa shape index (κ1) is 17.4. The third kappa shape index (κ3) is 3.65. The Morgan fingerprint density at radius 1 is 1.00 bits per heavy atom. The number of amides is 1. The molecule has 0 aromatic carbocycles. The van der Waals surface area contributed by atoms with Gasteiger partial charge in [0.15, 0.2) is 0 Å². The molecule has 0 spiro atoms. The molecule has 0 bridgehead atoms. The Morgan fingerprint density at radius 2 is 1.68 bits per heavy atom. The molecule has 0 radical (unpaired) electrons. The topological polar surface area (TPSA) is 67.2 Å². The number of anilines is 1. The average Bonchev–Trinajstić information content (AvgIpc) is 2.91. The van der Waals surface area contributed by atoms with Crippen molar-refractivity contribution in [3.05, 3.63) is 35.0 Å². The van der Waals surface area contributed by atoms with E-state index in [1.807, 2.05) is 56.3 Å². The monoisotopic (exact) mass is 342 g/mol. The van der Waals surface area contributed by atoms with Crippen LogP contribution in [-0.2, 0) is 4.79 Å². The summed E-state index contributed by atoms with van der Waals surface area (Å²) in [6, 6.07) is 3.73. The van der Waals surface area contributed by atoms with Gasteiger partial charge in [-0.05, 0) is 40.7 Å². The first-order valence-electron chi connectivity index (χ1n) is 8.74. The molecule has 1 fully saturated rings. The van der Waals surface area contributed by atoms with Crippen molar-refractivity contribution in [1.29, 1.82) is 0 Å². The van der Waals surface area contributed by atoms with Crippen LogP contribution in [0, 0.1) is 27.7 Å². The summed E-state index contributed by atoms with van der Waals surface area (Å²) in [5.41, 5.74) is 2.93. The van der Waals surface area contributed by atoms with Gasteiger partial charge >= 0.3 is 0 Å². The molecule has 7 nitrogen and oxygen atoms in total. The molecule has 1 atom stereocenters. The van der Waals surface area contributed by atoms with Crippen molar-refractivity contribution in [2.24, 2.45) is 0 Å². The Kier molecular flexibility index (Phi) is 4.74. The molecule has 1 saturated heterocycles. The van der Waals surface area contributed by atoms with E-state index in [9.17, 15) is 4.79 Å². The van der Waals surface area contributed by atoms with Crippen LogP contribution in [0.1, 0.15) is 35.9 Å². The largest absolute Gasteiger partial charge is 0.353 e. The highest BCUT2D eigenvalue weighted by atomic mass is 16.2. The fourth-order valence-corrected chi connectivity index (χ4v) is 3.42. The second-order valence-electron chi connectivity index (χ2n) is 6.77. The summed E-state index contributed by atoms with van der Waals surface area (Å²) in [6.07, 6.45) is 0. The van der Waals surface area contributed by atoms with E-state index in [4.69, 9.17) is 0 Å². The molecule has 0 aliphatic carbocycles. The van der Waals surface area contributed by atoms with Gasteiger partial charge in [-0.2, -0.15) is 5.10 Å². The van der Waals surface area contributed by atoms with Crippen LogP contribution in [0.3, 0.4) is 0 Å². The van der Waals surface area contributed by atoms with Gasteiger partial charge in [0.05, 0.1) is 5.69 Å². The van der Waals surface area contributed by atoms with Crippen LogP contribution < -0.4 is 4.90 Å². The molecule has 3 heterocycles. The zero-order valence-electron chi connectivity index (χ0n) is 15.7. The molecular formula is C18H26N6O. The molecule has 1 amide bonds. The first-order valence-corrected chi connectivity index (χ1v) is 8.74. The molecule has 3 rings (SSSR count). The quantitative estimate of drug-likeness (QED) is 0.851. The molecule has 25 heavy (non-hydrogen) atoms. The van der Waals surface area contributed by atoms with Gasteiger partial charge in [-0.25, -0.2) is 9.97 Å². The number of nitrogens with zero attached hydrogens (tertiary/aromatic N) is 6. The number of aryl methyl sites for hydroxylation is 4. The van der Waals surface area contributed by atoms with Gasteiger partial charge in [0.1, 0.15) is 17.7 Å². The van der Waals surface area contributed by atoms with Crippen LogP contribution in [-0.4, -0.2) is 56.7 Å². The summed E-state index contributed by atoms with van der Waals surface area (Å²) in [6.45, 7) is 12.7. The van der Waals surface area contributed by atoms with E-state index in [-0.39, 0.29) is 11.9 Å². The lowest BCUT2D eigenvalue weighted by atomic mass is 10.2. The van der Waals surface area contributed by atoms with E-state index in [1.54, 1.807) is 0 Å². The SMILES string of the molecule is Cc1cc(N2CCN(C(=O)C(C)n3nc(C)cc3C)CC2)nc(C)n1. The molecule has 2 aromatic rings. The molecule has 7 heteroatoms. The number of piperazine rings is 1. The number of hydrogen-bond donors (Lipinski definition) is 0. The van der Waals surface area contributed by atoms with E-state index in [0.717, 1.165) is 41.8 Å². The fourth-order valence-electron chi connectivity index (χ4n) is 3.42. The van der Waals surface area contributed by atoms with Crippen molar-refractivity contribution in [1.82, 2.24) is 24.6 Å². The lowest BCUT2D eigenvalue weighted by molar-refractivity contribution is -0.134. The maximum atomic E-state index is 12.8. The van der Waals surface area contributed by atoms with Crippen LogP contribution >= 0.6 is 0 Å². The van der Waals surface area contributed by atoms with Gasteiger partial charge in [-0.15, -0.1) is 0 Å². The predicted octanol–water partition coefficient (Wildman–Crippen LogP) is 1.82. The second-order valence-corrected chi connectivity index (χ2v) is 6.77. The second kappa shape index (κ2) is 6.82. The van der Waals surface area contributed by atoms with Crippen molar-refractivity contribution in [2.75, 3.05) is 31.1 Å². The van der Waals surface area contributed by atoms with Crippen LogP contribution in [0.4, 0.5) is 5.82 Å². The molecular weight excluding hydrogens is 316 g/mol. The number of aromatic nitrogens is 4. The standard InChI is InChI=1S/C18H26N6O/c1-12-11-17(20-16(5)19-12)22-6-8-23(9-7-22)18(25)15(4)24-14(3)10-13(2)21-24/h10-11,15H,6-9H2,1-5H3. The Bertz CT molecular complexity index is 756. The fraction of sp³-hybridized carbons (Fsp3) is 0.556. The number of carbonyl (C=O) groups excluding carboxylic acids is 1. The summed E-state index contributed by atoms with van der Waals surface area (Å²) in [7, 11) is 0. The van der Waals surface area contributed by atoms with Gasteiger partial charge in [-0.3, -0.25) is 9.48 Å². The minimum Gasteiger partial charge on any atom is -0.353 e. The smallest absolute Gasteiger partial charge is 0.247 e. The van der Waals surface area contributed by atoms with E-state index >= 15 is 0 Å². The Hall–Kier alpha value is -2.44. The summed E-state index contributed by atoms with van der Waals surface area (Å²) in [5, 5.41) is 4.45. The molecule has 0 saturated carbocycles. The van der Waals surface area contributed by atoms with E-state index in [1.165, 1.54) is 0 Å². The first-order chi connectivity index (χ1) is 11.8. The van der Waals surface area contributed by atoms with Crippen molar-refractivity contribution < 1.29 is 4.79 Å². The van der Waals surface area contributed by atoms with Crippen LogP contribution in [0.5, 0.6) is 0 Å². The van der Waals surface area contributed by atoms with Gasteiger partial charge < -0.3 is 9.80 Å².